The maximum Gasteiger partial charge on any atom is 0.191 e. The minimum absolute atomic E-state index is 0. The molecule has 5 nitrogen and oxygen atoms in total. The molecule has 0 amide bonds. The maximum atomic E-state index is 5.85. The molecule has 2 aliphatic rings. The summed E-state index contributed by atoms with van der Waals surface area (Å²) in [7, 11) is 1.79. The van der Waals surface area contributed by atoms with Crippen LogP contribution in [0.3, 0.4) is 0 Å². The van der Waals surface area contributed by atoms with Crippen LogP contribution in [0.2, 0.25) is 0 Å². The number of nitrogens with zero attached hydrogens (tertiary/aromatic N) is 1. The van der Waals surface area contributed by atoms with Gasteiger partial charge < -0.3 is 20.1 Å². The highest BCUT2D eigenvalue weighted by atomic mass is 127. The monoisotopic (exact) mass is 495 g/mol. The van der Waals surface area contributed by atoms with Gasteiger partial charge >= 0.3 is 0 Å². The van der Waals surface area contributed by atoms with Crippen molar-refractivity contribution in [2.45, 2.75) is 37.5 Å². The fourth-order valence-electron chi connectivity index (χ4n) is 3.06. The smallest absolute Gasteiger partial charge is 0.191 e. The highest BCUT2D eigenvalue weighted by Crippen LogP contribution is 2.34. The fourth-order valence-corrected chi connectivity index (χ4v) is 3.43. The highest BCUT2D eigenvalue weighted by Gasteiger charge is 2.41. The van der Waals surface area contributed by atoms with Gasteiger partial charge in [0.2, 0.25) is 0 Å². The van der Waals surface area contributed by atoms with Gasteiger partial charge in [-0.15, -0.1) is 24.0 Å². The molecule has 2 bridgehead atoms. The van der Waals surface area contributed by atoms with Gasteiger partial charge in [-0.05, 0) is 37.5 Å². The van der Waals surface area contributed by atoms with Crippen LogP contribution in [0.1, 0.15) is 19.3 Å². The van der Waals surface area contributed by atoms with Crippen LogP contribution in [0.4, 0.5) is 0 Å². The van der Waals surface area contributed by atoms with Gasteiger partial charge in [0.15, 0.2) is 5.96 Å². The Labute approximate surface area is 162 Å². The van der Waals surface area contributed by atoms with E-state index in [-0.39, 0.29) is 24.0 Å². The van der Waals surface area contributed by atoms with E-state index in [4.69, 9.17) is 9.47 Å². The number of rotatable bonds is 5. The number of hydrogen-bond donors (Lipinski definition) is 2. The highest BCUT2D eigenvalue weighted by molar-refractivity contribution is 14.0. The van der Waals surface area contributed by atoms with Gasteiger partial charge in [-0.1, -0.05) is 22.0 Å². The predicted molar refractivity (Wildman–Crippen MR) is 106 cm³/mol. The molecule has 2 heterocycles. The largest absolute Gasteiger partial charge is 0.492 e. The van der Waals surface area contributed by atoms with Crippen LogP contribution in [-0.4, -0.2) is 44.4 Å². The van der Waals surface area contributed by atoms with Gasteiger partial charge in [0.1, 0.15) is 12.4 Å². The molecule has 2 N–H and O–H groups in total. The van der Waals surface area contributed by atoms with Gasteiger partial charge in [-0.25, -0.2) is 0 Å². The topological polar surface area (TPSA) is 54.9 Å². The lowest BCUT2D eigenvalue weighted by Gasteiger charge is -2.22. The molecule has 1 aromatic rings. The summed E-state index contributed by atoms with van der Waals surface area (Å²) in [5.74, 6) is 1.68. The van der Waals surface area contributed by atoms with Crippen molar-refractivity contribution in [2.75, 3.05) is 20.2 Å². The van der Waals surface area contributed by atoms with Crippen molar-refractivity contribution >= 4 is 45.9 Å². The lowest BCUT2D eigenvalue weighted by Crippen LogP contribution is -2.48. The second-order valence-electron chi connectivity index (χ2n) is 5.67. The Morgan fingerprint density at radius 2 is 2.30 bits per heavy atom. The van der Waals surface area contributed by atoms with Crippen molar-refractivity contribution in [3.05, 3.63) is 28.7 Å². The molecular weight excluding hydrogens is 473 g/mol. The van der Waals surface area contributed by atoms with E-state index in [1.165, 1.54) is 6.42 Å². The Bertz CT molecular complexity index is 544. The first-order valence-electron chi connectivity index (χ1n) is 7.75. The molecule has 23 heavy (non-hydrogen) atoms. The van der Waals surface area contributed by atoms with Crippen molar-refractivity contribution in [3.63, 3.8) is 0 Å². The first kappa shape index (κ1) is 18.8. The van der Waals surface area contributed by atoms with E-state index in [2.05, 4.69) is 31.6 Å². The molecule has 128 valence electrons. The summed E-state index contributed by atoms with van der Waals surface area (Å²) >= 11 is 3.43. The summed E-state index contributed by atoms with van der Waals surface area (Å²) in [6, 6.07) is 8.23. The molecule has 7 heteroatoms. The summed E-state index contributed by atoms with van der Waals surface area (Å²) in [4.78, 5) is 4.27. The van der Waals surface area contributed by atoms with E-state index in [1.807, 2.05) is 24.3 Å². The normalized spacial score (nSPS) is 25.8. The zero-order valence-electron chi connectivity index (χ0n) is 13.1. The van der Waals surface area contributed by atoms with Crippen molar-refractivity contribution in [3.8, 4) is 5.75 Å². The van der Waals surface area contributed by atoms with Crippen molar-refractivity contribution < 1.29 is 9.47 Å². The first-order chi connectivity index (χ1) is 10.7. The summed E-state index contributed by atoms with van der Waals surface area (Å²) in [6.07, 6.45) is 4.24. The lowest BCUT2D eigenvalue weighted by molar-refractivity contribution is 0.0992. The third-order valence-electron chi connectivity index (χ3n) is 4.11. The van der Waals surface area contributed by atoms with Gasteiger partial charge in [-0.2, -0.15) is 0 Å². The molecule has 2 fully saturated rings. The molecule has 0 aliphatic carbocycles. The number of ether oxygens (including phenoxy) is 2. The zero-order valence-corrected chi connectivity index (χ0v) is 17.0. The number of nitrogens with one attached hydrogen (secondary N) is 2. The quantitative estimate of drug-likeness (QED) is 0.285. The number of hydrogen-bond acceptors (Lipinski definition) is 3. The number of fused-ring (bicyclic) bond motifs is 2. The molecule has 3 atom stereocenters. The third-order valence-corrected chi connectivity index (χ3v) is 4.60. The van der Waals surface area contributed by atoms with Crippen LogP contribution in [0, 0.1) is 0 Å². The first-order valence-corrected chi connectivity index (χ1v) is 8.55. The lowest BCUT2D eigenvalue weighted by atomic mass is 9.96. The molecule has 2 aliphatic heterocycles. The van der Waals surface area contributed by atoms with Gasteiger partial charge in [-0.3, -0.25) is 4.99 Å². The fraction of sp³-hybridized carbons (Fsp3) is 0.562. The number of aliphatic imine (C=N–C) groups is 1. The average molecular weight is 496 g/mol. The molecular formula is C16H23BrIN3O2. The number of halogens is 2. The van der Waals surface area contributed by atoms with Crippen LogP contribution in [0.25, 0.3) is 0 Å². The Kier molecular flexibility index (Phi) is 7.42. The predicted octanol–water partition coefficient (Wildman–Crippen LogP) is 2.93. The summed E-state index contributed by atoms with van der Waals surface area (Å²) in [5, 5.41) is 6.74. The standard InChI is InChI=1S/C16H22BrN3O2.HI/c1-18-16(20-14-10-13-5-6-15(14)22-13)19-7-8-21-12-4-2-3-11(17)9-12;/h2-4,9,13-15H,5-8,10H2,1H3,(H2,18,19,20);1H. The van der Waals surface area contributed by atoms with Crippen LogP contribution in [0.15, 0.2) is 33.7 Å². The Morgan fingerprint density at radius 3 is 2.96 bits per heavy atom. The minimum atomic E-state index is 0. The summed E-state index contributed by atoms with van der Waals surface area (Å²) < 4.78 is 12.6. The molecule has 1 aromatic carbocycles. The molecule has 0 radical (unpaired) electrons. The van der Waals surface area contributed by atoms with Crippen LogP contribution < -0.4 is 15.4 Å². The van der Waals surface area contributed by atoms with E-state index in [0.717, 1.165) is 29.0 Å². The Hall–Kier alpha value is -0.540. The van der Waals surface area contributed by atoms with Gasteiger partial charge in [0.05, 0.1) is 24.8 Å². The SMILES string of the molecule is CN=C(NCCOc1cccc(Br)c1)NC1CC2CCC1O2.I. The second kappa shape index (κ2) is 9.08. The molecule has 0 spiro atoms. The van der Waals surface area contributed by atoms with E-state index < -0.39 is 0 Å². The molecule has 3 unspecified atom stereocenters. The van der Waals surface area contributed by atoms with E-state index >= 15 is 0 Å². The van der Waals surface area contributed by atoms with E-state index in [1.54, 1.807) is 7.05 Å². The zero-order chi connectivity index (χ0) is 15.4. The van der Waals surface area contributed by atoms with Gasteiger partial charge in [0.25, 0.3) is 0 Å². The van der Waals surface area contributed by atoms with Gasteiger partial charge in [0, 0.05) is 11.5 Å². The average Bonchev–Trinajstić information content (AvgIpc) is 3.13. The molecule has 2 saturated heterocycles. The van der Waals surface area contributed by atoms with E-state index in [0.29, 0.717) is 31.4 Å². The summed E-state index contributed by atoms with van der Waals surface area (Å²) in [6.45, 7) is 1.29. The maximum absolute atomic E-state index is 5.85. The molecule has 0 aromatic heterocycles. The number of guanidine groups is 1. The molecule has 0 saturated carbocycles. The van der Waals surface area contributed by atoms with Crippen LogP contribution >= 0.6 is 39.9 Å². The second-order valence-corrected chi connectivity index (χ2v) is 6.58. The minimum Gasteiger partial charge on any atom is -0.492 e. The Morgan fingerprint density at radius 1 is 1.43 bits per heavy atom. The van der Waals surface area contributed by atoms with Crippen LogP contribution in [-0.2, 0) is 4.74 Å². The molecule has 3 rings (SSSR count). The van der Waals surface area contributed by atoms with Crippen molar-refractivity contribution in [1.82, 2.24) is 10.6 Å². The Balaban J connectivity index is 0.00000192. The van der Waals surface area contributed by atoms with E-state index in [9.17, 15) is 0 Å². The summed E-state index contributed by atoms with van der Waals surface area (Å²) in [5.41, 5.74) is 0. The number of benzene rings is 1. The van der Waals surface area contributed by atoms with Crippen molar-refractivity contribution in [2.24, 2.45) is 4.99 Å². The van der Waals surface area contributed by atoms with Crippen LogP contribution in [0.5, 0.6) is 5.75 Å². The van der Waals surface area contributed by atoms with Crippen molar-refractivity contribution in [1.29, 1.82) is 0 Å². The third kappa shape index (κ3) is 5.22.